The molecular formula is C12H8ClIN2O4. The lowest BCUT2D eigenvalue weighted by Gasteiger charge is -2.09. The predicted octanol–water partition coefficient (Wildman–Crippen LogP) is 3.23. The van der Waals surface area contributed by atoms with E-state index in [1.807, 2.05) is 22.6 Å². The van der Waals surface area contributed by atoms with Crippen LogP contribution in [0.3, 0.4) is 0 Å². The Morgan fingerprint density at radius 3 is 2.85 bits per heavy atom. The van der Waals surface area contributed by atoms with E-state index in [1.165, 1.54) is 25.4 Å². The minimum Gasteiger partial charge on any atom is -0.478 e. The third-order valence-electron chi connectivity index (χ3n) is 2.26. The van der Waals surface area contributed by atoms with Crippen LogP contribution in [-0.2, 0) is 0 Å². The monoisotopic (exact) mass is 406 g/mol. The molecule has 0 atom stereocenters. The Morgan fingerprint density at radius 1 is 1.45 bits per heavy atom. The summed E-state index contributed by atoms with van der Waals surface area (Å²) in [6.45, 7) is 0. The number of methoxy groups -OCH3 is 1. The molecule has 2 aromatic rings. The fourth-order valence-corrected chi connectivity index (χ4v) is 1.90. The van der Waals surface area contributed by atoms with E-state index < -0.39 is 5.97 Å². The molecule has 1 heterocycles. The number of nitrogens with zero attached hydrogens (tertiary/aromatic N) is 2. The van der Waals surface area contributed by atoms with Crippen LogP contribution in [0.1, 0.15) is 10.4 Å². The van der Waals surface area contributed by atoms with Crippen LogP contribution in [0.4, 0.5) is 0 Å². The summed E-state index contributed by atoms with van der Waals surface area (Å²) in [6.07, 6.45) is 1.34. The van der Waals surface area contributed by atoms with Crippen molar-refractivity contribution < 1.29 is 19.4 Å². The van der Waals surface area contributed by atoms with Gasteiger partial charge < -0.3 is 14.6 Å². The molecule has 1 N–H and O–H groups in total. The third-order valence-corrected chi connectivity index (χ3v) is 3.41. The maximum absolute atomic E-state index is 11.0. The number of carboxylic acids is 1. The zero-order valence-electron chi connectivity index (χ0n) is 10.1. The summed E-state index contributed by atoms with van der Waals surface area (Å²) in [5, 5.41) is 9.17. The quantitative estimate of drug-likeness (QED) is 0.785. The predicted molar refractivity (Wildman–Crippen MR) is 79.8 cm³/mol. The van der Waals surface area contributed by atoms with Crippen molar-refractivity contribution >= 4 is 40.2 Å². The maximum Gasteiger partial charge on any atom is 0.335 e. The number of aromatic nitrogens is 2. The van der Waals surface area contributed by atoms with Crippen LogP contribution < -0.4 is 9.47 Å². The van der Waals surface area contributed by atoms with Gasteiger partial charge in [0.2, 0.25) is 5.88 Å². The van der Waals surface area contributed by atoms with Gasteiger partial charge in [-0.15, -0.1) is 0 Å². The van der Waals surface area contributed by atoms with Crippen molar-refractivity contribution in [3.05, 3.63) is 38.6 Å². The zero-order valence-corrected chi connectivity index (χ0v) is 13.0. The molecule has 0 aliphatic heterocycles. The smallest absolute Gasteiger partial charge is 0.335 e. The normalized spacial score (nSPS) is 10.2. The number of halogens is 2. The van der Waals surface area contributed by atoms with Crippen LogP contribution in [0.5, 0.6) is 17.6 Å². The summed E-state index contributed by atoms with van der Waals surface area (Å²) in [6, 6.07) is 4.62. The first-order valence-electron chi connectivity index (χ1n) is 5.28. The van der Waals surface area contributed by atoms with Gasteiger partial charge in [0.15, 0.2) is 0 Å². The second-order valence-corrected chi connectivity index (χ2v) is 5.13. The van der Waals surface area contributed by atoms with E-state index in [-0.39, 0.29) is 22.5 Å². The molecule has 0 bridgehead atoms. The molecule has 1 aromatic carbocycles. The van der Waals surface area contributed by atoms with E-state index in [4.69, 9.17) is 26.2 Å². The van der Waals surface area contributed by atoms with E-state index in [0.717, 1.165) is 3.57 Å². The van der Waals surface area contributed by atoms with E-state index in [0.29, 0.717) is 5.75 Å². The molecule has 0 saturated heterocycles. The molecule has 6 nitrogen and oxygen atoms in total. The largest absolute Gasteiger partial charge is 0.478 e. The van der Waals surface area contributed by atoms with Crippen LogP contribution in [0, 0.1) is 3.57 Å². The van der Waals surface area contributed by atoms with Crippen LogP contribution in [0.15, 0.2) is 24.4 Å². The first kappa shape index (κ1) is 14.8. The molecule has 0 aliphatic carbocycles. The van der Waals surface area contributed by atoms with Crippen molar-refractivity contribution in [2.45, 2.75) is 0 Å². The molecule has 1 aromatic heterocycles. The number of carboxylic acid groups (broad SMARTS) is 1. The Kier molecular flexibility index (Phi) is 4.61. The maximum atomic E-state index is 11.0. The molecule has 0 aliphatic rings. The fourth-order valence-electron chi connectivity index (χ4n) is 1.32. The Balaban J connectivity index is 2.38. The van der Waals surface area contributed by atoms with Gasteiger partial charge in [0.1, 0.15) is 10.8 Å². The van der Waals surface area contributed by atoms with Crippen LogP contribution >= 0.6 is 34.2 Å². The molecule has 0 unspecified atom stereocenters. The highest BCUT2D eigenvalue weighted by Crippen LogP contribution is 2.31. The van der Waals surface area contributed by atoms with Crippen LogP contribution in [0.2, 0.25) is 5.02 Å². The van der Waals surface area contributed by atoms with E-state index >= 15 is 0 Å². The third kappa shape index (κ3) is 3.28. The van der Waals surface area contributed by atoms with Crippen molar-refractivity contribution in [2.75, 3.05) is 7.11 Å². The summed E-state index contributed by atoms with van der Waals surface area (Å²) in [4.78, 5) is 18.7. The second-order valence-electron chi connectivity index (χ2n) is 3.56. The van der Waals surface area contributed by atoms with Gasteiger partial charge >= 0.3 is 12.0 Å². The Morgan fingerprint density at radius 2 is 2.20 bits per heavy atom. The highest BCUT2D eigenvalue weighted by Gasteiger charge is 2.13. The Hall–Kier alpha value is -1.61. The molecule has 104 valence electrons. The van der Waals surface area contributed by atoms with Crippen molar-refractivity contribution in [3.8, 4) is 17.6 Å². The SMILES string of the molecule is COc1ncc(Cl)c(Oc2cc(C(=O)O)ccc2I)n1. The van der Waals surface area contributed by atoms with Gasteiger partial charge in [-0.2, -0.15) is 4.98 Å². The summed E-state index contributed by atoms with van der Waals surface area (Å²) in [5.41, 5.74) is 0.109. The van der Waals surface area contributed by atoms with Gasteiger partial charge in [0.05, 0.1) is 22.4 Å². The number of carbonyl (C=O) groups is 1. The lowest BCUT2D eigenvalue weighted by atomic mass is 10.2. The van der Waals surface area contributed by atoms with Crippen LogP contribution in [-0.4, -0.2) is 28.2 Å². The van der Waals surface area contributed by atoms with Gasteiger partial charge in [-0.3, -0.25) is 0 Å². The van der Waals surface area contributed by atoms with E-state index in [2.05, 4.69) is 9.97 Å². The lowest BCUT2D eigenvalue weighted by molar-refractivity contribution is 0.0696. The van der Waals surface area contributed by atoms with Crippen molar-refractivity contribution in [3.63, 3.8) is 0 Å². The molecule has 8 heteroatoms. The first-order valence-corrected chi connectivity index (χ1v) is 6.74. The minimum absolute atomic E-state index is 0.0963. The first-order chi connectivity index (χ1) is 9.51. The van der Waals surface area contributed by atoms with Crippen molar-refractivity contribution in [2.24, 2.45) is 0 Å². The molecule has 20 heavy (non-hydrogen) atoms. The average Bonchev–Trinajstić information content (AvgIpc) is 2.43. The zero-order chi connectivity index (χ0) is 14.7. The molecule has 0 saturated carbocycles. The summed E-state index contributed by atoms with van der Waals surface area (Å²) in [5.74, 6) is -0.607. The number of hydrogen-bond acceptors (Lipinski definition) is 5. The average molecular weight is 407 g/mol. The number of benzene rings is 1. The topological polar surface area (TPSA) is 81.5 Å². The highest BCUT2D eigenvalue weighted by atomic mass is 127. The van der Waals surface area contributed by atoms with Crippen molar-refractivity contribution in [1.82, 2.24) is 9.97 Å². The molecule has 0 spiro atoms. The molecule has 0 radical (unpaired) electrons. The number of rotatable bonds is 4. The fraction of sp³-hybridized carbons (Fsp3) is 0.0833. The lowest BCUT2D eigenvalue weighted by Crippen LogP contribution is -1.99. The van der Waals surface area contributed by atoms with Crippen molar-refractivity contribution in [1.29, 1.82) is 0 Å². The number of ether oxygens (including phenoxy) is 2. The molecule has 0 fully saturated rings. The summed E-state index contributed by atoms with van der Waals surface area (Å²) >= 11 is 7.95. The minimum atomic E-state index is -1.04. The van der Waals surface area contributed by atoms with E-state index in [1.54, 1.807) is 6.07 Å². The molecular weight excluding hydrogens is 398 g/mol. The van der Waals surface area contributed by atoms with Gasteiger partial charge in [0.25, 0.3) is 0 Å². The van der Waals surface area contributed by atoms with Gasteiger partial charge in [-0.05, 0) is 40.8 Å². The number of aromatic carboxylic acids is 1. The van der Waals surface area contributed by atoms with Gasteiger partial charge in [0, 0.05) is 0 Å². The van der Waals surface area contributed by atoms with Crippen LogP contribution in [0.25, 0.3) is 0 Å². The van der Waals surface area contributed by atoms with Gasteiger partial charge in [-0.25, -0.2) is 9.78 Å². The Labute approximate surface area is 132 Å². The summed E-state index contributed by atoms with van der Waals surface area (Å²) < 4.78 is 11.1. The van der Waals surface area contributed by atoms with E-state index in [9.17, 15) is 4.79 Å². The number of hydrogen-bond donors (Lipinski definition) is 1. The standard InChI is InChI=1S/C12H8ClIN2O4/c1-19-12-15-5-7(13)10(16-12)20-9-4-6(11(17)18)2-3-8(9)14/h2-5H,1H3,(H,17,18). The summed E-state index contributed by atoms with van der Waals surface area (Å²) in [7, 11) is 1.42. The van der Waals surface area contributed by atoms with Gasteiger partial charge in [-0.1, -0.05) is 11.6 Å². The molecule has 0 amide bonds. The highest BCUT2D eigenvalue weighted by molar-refractivity contribution is 14.1. The Bertz CT molecular complexity index is 666. The molecule has 2 rings (SSSR count). The second kappa shape index (κ2) is 6.23.